The van der Waals surface area contributed by atoms with E-state index in [1.165, 1.54) is 30.4 Å². The molecule has 1 aliphatic heterocycles. The Morgan fingerprint density at radius 1 is 1.39 bits per heavy atom. The fourth-order valence-corrected chi connectivity index (χ4v) is 4.71. The van der Waals surface area contributed by atoms with Crippen LogP contribution in [0.3, 0.4) is 0 Å². The number of carbonyl (C=O) groups excluding carboxylic acids is 1. The first-order valence-corrected chi connectivity index (χ1v) is 11.7. The van der Waals surface area contributed by atoms with Crippen molar-refractivity contribution in [1.82, 2.24) is 14.6 Å². The van der Waals surface area contributed by atoms with Gasteiger partial charge in [-0.3, -0.25) is 19.1 Å². The Morgan fingerprint density at radius 2 is 2.16 bits per heavy atom. The second-order valence-corrected chi connectivity index (χ2v) is 9.15. The highest BCUT2D eigenvalue weighted by molar-refractivity contribution is 7.44. The highest BCUT2D eigenvalue weighted by atomic mass is 31.2. The molecule has 31 heavy (non-hydrogen) atoms. The largest absolute Gasteiger partial charge is 0.461 e. The molecule has 10 nitrogen and oxygen atoms in total. The normalized spacial score (nSPS) is 25.3. The van der Waals surface area contributed by atoms with Gasteiger partial charge in [0.2, 0.25) is 0 Å². The first kappa shape index (κ1) is 23.8. The molecule has 0 aromatic carbocycles. The fourth-order valence-electron chi connectivity index (χ4n) is 3.79. The minimum Gasteiger partial charge on any atom is -0.461 e. The second kappa shape index (κ2) is 11.2. The maximum atomic E-state index is 12.1. The van der Waals surface area contributed by atoms with E-state index in [0.717, 1.165) is 25.7 Å². The lowest BCUT2D eigenvalue weighted by atomic mass is 9.98. The van der Waals surface area contributed by atoms with Crippen molar-refractivity contribution in [3.05, 3.63) is 45.8 Å². The Morgan fingerprint density at radius 3 is 2.84 bits per heavy atom. The van der Waals surface area contributed by atoms with Gasteiger partial charge in [-0.05, 0) is 38.5 Å². The summed E-state index contributed by atoms with van der Waals surface area (Å²) in [4.78, 5) is 37.6. The molecular formula is C20H30N3O7P. The molecule has 2 N–H and O–H groups in total. The number of esters is 1. The summed E-state index contributed by atoms with van der Waals surface area (Å²) in [5.41, 5.74) is -1.81. The third-order valence-electron chi connectivity index (χ3n) is 5.51. The zero-order chi connectivity index (χ0) is 22.3. The van der Waals surface area contributed by atoms with E-state index in [0.29, 0.717) is 12.8 Å². The third kappa shape index (κ3) is 6.57. The molecule has 2 heterocycles. The van der Waals surface area contributed by atoms with Crippen molar-refractivity contribution >= 4 is 14.5 Å². The van der Waals surface area contributed by atoms with E-state index < -0.39 is 31.6 Å². The summed E-state index contributed by atoms with van der Waals surface area (Å²) in [7, 11) is -0.0515. The fraction of sp³-hybridized carbons (Fsp3) is 0.650. The molecule has 1 saturated carbocycles. The van der Waals surface area contributed by atoms with Crippen LogP contribution in [0.4, 0.5) is 0 Å². The molecule has 3 atom stereocenters. The van der Waals surface area contributed by atoms with Gasteiger partial charge in [0.25, 0.3) is 14.1 Å². The van der Waals surface area contributed by atoms with Crippen LogP contribution in [-0.2, 0) is 23.3 Å². The number of rotatable bonds is 10. The quantitative estimate of drug-likeness (QED) is 0.313. The molecule has 0 radical (unpaired) electrons. The monoisotopic (exact) mass is 455 g/mol. The topological polar surface area (TPSA) is 121 Å². The van der Waals surface area contributed by atoms with Crippen LogP contribution >= 0.6 is 8.53 Å². The van der Waals surface area contributed by atoms with Gasteiger partial charge in [0.1, 0.15) is 24.5 Å². The molecule has 0 bridgehead atoms. The first-order chi connectivity index (χ1) is 14.9. The standard InChI is InChI=1S/C20H30N3O7P/c1-3-20(11-9-17(30-20)23-12-10-16(24)22-19(23)26)14-28-31(27-2)21-13-18(25)29-15-7-5-4-6-8-15/h3,10,12,15,17,21H,1,4-9,11,13-14H2,2H3,(H,22,24,26)/t17?,20-,31?/m0/s1. The molecule has 0 spiro atoms. The average Bonchev–Trinajstić information content (AvgIpc) is 3.19. The molecule has 0 amide bonds. The minimum absolute atomic E-state index is 0.00179. The molecule has 1 aromatic heterocycles. The van der Waals surface area contributed by atoms with Crippen molar-refractivity contribution in [1.29, 1.82) is 0 Å². The highest BCUT2D eigenvalue weighted by Gasteiger charge is 2.40. The smallest absolute Gasteiger partial charge is 0.330 e. The maximum Gasteiger partial charge on any atom is 0.330 e. The van der Waals surface area contributed by atoms with Gasteiger partial charge in [-0.2, -0.15) is 0 Å². The molecule has 172 valence electrons. The van der Waals surface area contributed by atoms with Crippen LogP contribution in [0.2, 0.25) is 0 Å². The predicted octanol–water partition coefficient (Wildman–Crippen LogP) is 2.13. The van der Waals surface area contributed by atoms with Crippen LogP contribution in [0.25, 0.3) is 0 Å². The van der Waals surface area contributed by atoms with Crippen LogP contribution in [-0.4, -0.2) is 47.5 Å². The minimum atomic E-state index is -1.54. The van der Waals surface area contributed by atoms with E-state index in [9.17, 15) is 14.4 Å². The number of carbonyl (C=O) groups is 1. The van der Waals surface area contributed by atoms with Gasteiger partial charge in [-0.25, -0.2) is 9.88 Å². The number of aromatic nitrogens is 2. The van der Waals surface area contributed by atoms with E-state index in [1.807, 2.05) is 0 Å². The summed E-state index contributed by atoms with van der Waals surface area (Å²) in [5.74, 6) is -0.326. The number of hydrogen-bond donors (Lipinski definition) is 2. The second-order valence-electron chi connectivity index (χ2n) is 7.70. The van der Waals surface area contributed by atoms with Crippen molar-refractivity contribution in [3.63, 3.8) is 0 Å². The molecule has 2 unspecified atom stereocenters. The summed E-state index contributed by atoms with van der Waals surface area (Å²) >= 11 is 0. The Hall–Kier alpha value is -1.84. The number of hydrogen-bond acceptors (Lipinski definition) is 8. The van der Waals surface area contributed by atoms with Crippen molar-refractivity contribution in [2.24, 2.45) is 0 Å². The number of H-pyrrole nitrogens is 1. The summed E-state index contributed by atoms with van der Waals surface area (Å²) in [6.45, 7) is 3.97. The van der Waals surface area contributed by atoms with E-state index in [1.54, 1.807) is 6.08 Å². The Bertz CT molecular complexity index is 867. The molecule has 1 saturated heterocycles. The lowest BCUT2D eigenvalue weighted by molar-refractivity contribution is -0.149. The van der Waals surface area contributed by atoms with Crippen LogP contribution in [0, 0.1) is 0 Å². The Balaban J connectivity index is 1.49. The maximum absolute atomic E-state index is 12.1. The van der Waals surface area contributed by atoms with Crippen molar-refractivity contribution < 1.29 is 23.3 Å². The van der Waals surface area contributed by atoms with Gasteiger partial charge in [0, 0.05) is 19.4 Å². The van der Waals surface area contributed by atoms with Gasteiger partial charge < -0.3 is 18.5 Å². The SMILES string of the molecule is C=C[C@@]1(COP(NCC(=O)OC2CCCCC2)OC)CCC(n2ccc(=O)[nH]c2=O)O1. The molecule has 1 aromatic rings. The molecule has 1 aliphatic carbocycles. The highest BCUT2D eigenvalue weighted by Crippen LogP contribution is 2.41. The van der Waals surface area contributed by atoms with Crippen molar-refractivity contribution in [2.75, 3.05) is 20.3 Å². The van der Waals surface area contributed by atoms with Crippen LogP contribution in [0.1, 0.15) is 51.2 Å². The van der Waals surface area contributed by atoms with Crippen molar-refractivity contribution in [3.8, 4) is 0 Å². The van der Waals surface area contributed by atoms with E-state index in [-0.39, 0.29) is 25.2 Å². The lowest BCUT2D eigenvalue weighted by Crippen LogP contribution is -2.35. The molecule has 2 fully saturated rings. The summed E-state index contributed by atoms with van der Waals surface area (Å²) in [6, 6.07) is 1.27. The summed E-state index contributed by atoms with van der Waals surface area (Å²) < 4.78 is 24.0. The molecule has 2 aliphatic rings. The molecule has 11 heteroatoms. The summed E-state index contributed by atoms with van der Waals surface area (Å²) in [6.07, 6.45) is 8.85. The van der Waals surface area contributed by atoms with Gasteiger partial charge in [0.15, 0.2) is 0 Å². The number of nitrogens with zero attached hydrogens (tertiary/aromatic N) is 1. The Kier molecular flexibility index (Phi) is 8.57. The van der Waals surface area contributed by atoms with Crippen molar-refractivity contribution in [2.45, 2.75) is 62.9 Å². The van der Waals surface area contributed by atoms with Gasteiger partial charge >= 0.3 is 11.7 Å². The van der Waals surface area contributed by atoms with E-state index >= 15 is 0 Å². The van der Waals surface area contributed by atoms with E-state index in [4.69, 9.17) is 18.5 Å². The van der Waals surface area contributed by atoms with E-state index in [2.05, 4.69) is 16.7 Å². The van der Waals surface area contributed by atoms with Crippen LogP contribution in [0.15, 0.2) is 34.5 Å². The summed E-state index contributed by atoms with van der Waals surface area (Å²) in [5, 5.41) is 2.94. The zero-order valence-corrected chi connectivity index (χ0v) is 18.6. The van der Waals surface area contributed by atoms with Crippen LogP contribution < -0.4 is 16.3 Å². The third-order valence-corrected chi connectivity index (χ3v) is 6.62. The van der Waals surface area contributed by atoms with Gasteiger partial charge in [-0.15, -0.1) is 6.58 Å². The zero-order valence-electron chi connectivity index (χ0n) is 17.7. The first-order valence-electron chi connectivity index (χ1n) is 10.5. The lowest BCUT2D eigenvalue weighted by Gasteiger charge is -2.28. The van der Waals surface area contributed by atoms with Crippen LogP contribution in [0.5, 0.6) is 0 Å². The number of nitrogens with one attached hydrogen (secondary N) is 2. The predicted molar refractivity (Wildman–Crippen MR) is 114 cm³/mol. The average molecular weight is 455 g/mol. The number of aromatic amines is 1. The van der Waals surface area contributed by atoms with Gasteiger partial charge in [0.05, 0.1) is 6.61 Å². The van der Waals surface area contributed by atoms with Gasteiger partial charge in [-0.1, -0.05) is 12.5 Å². The molecule has 3 rings (SSSR count). The Labute approximate surface area is 181 Å². The molecular weight excluding hydrogens is 425 g/mol. The number of ether oxygens (including phenoxy) is 2.